The summed E-state index contributed by atoms with van der Waals surface area (Å²) in [6.07, 6.45) is 0. The first-order valence-corrected chi connectivity index (χ1v) is 7.11. The zero-order valence-corrected chi connectivity index (χ0v) is 10.4. The van der Waals surface area contributed by atoms with Gasteiger partial charge in [-0.2, -0.15) is 0 Å². The Morgan fingerprint density at radius 3 is 2.88 bits per heavy atom. The Balaban J connectivity index is 2.73. The topological polar surface area (TPSA) is 67.8 Å². The molecule has 88 valence electrons. The summed E-state index contributed by atoms with van der Waals surface area (Å²) >= 11 is 4.98. The smallest absolute Gasteiger partial charge is 0.339 e. The highest BCUT2D eigenvalue weighted by Crippen LogP contribution is 2.27. The predicted octanol–water partition coefficient (Wildman–Crippen LogP) is 1.81. The Morgan fingerprint density at radius 1 is 1.56 bits per heavy atom. The van der Waals surface area contributed by atoms with E-state index < -0.39 is 13.0 Å². The molecule has 0 bridgehead atoms. The minimum atomic E-state index is -1.81. The minimum Gasteiger partial charge on any atom is -0.478 e. The van der Waals surface area contributed by atoms with Crippen molar-refractivity contribution in [1.82, 2.24) is 5.25 Å². The van der Waals surface area contributed by atoms with E-state index >= 15 is 0 Å². The van der Waals surface area contributed by atoms with E-state index in [-0.39, 0.29) is 11.3 Å². The van der Waals surface area contributed by atoms with Crippen molar-refractivity contribution in [2.75, 3.05) is 6.61 Å². The molecule has 1 aromatic carbocycles. The monoisotopic (exact) mass is 261 g/mol. The fourth-order valence-corrected chi connectivity index (χ4v) is 2.11. The van der Waals surface area contributed by atoms with Crippen LogP contribution in [0.3, 0.4) is 0 Å². The second-order valence-electron chi connectivity index (χ2n) is 2.73. The van der Waals surface area contributed by atoms with Crippen LogP contribution in [0.25, 0.3) is 0 Å². The second kappa shape index (κ2) is 6.60. The highest BCUT2D eigenvalue weighted by atomic mass is 32.4. The summed E-state index contributed by atoms with van der Waals surface area (Å²) in [5.74, 6) is -0.789. The third-order valence-electron chi connectivity index (χ3n) is 1.62. The lowest BCUT2D eigenvalue weighted by Crippen LogP contribution is -2.08. The number of nitrogens with one attached hydrogen (secondary N) is 1. The summed E-state index contributed by atoms with van der Waals surface area (Å²) in [6, 6.07) is 6.34. The zero-order chi connectivity index (χ0) is 12.0. The first-order chi connectivity index (χ1) is 7.65. The molecule has 0 spiro atoms. The summed E-state index contributed by atoms with van der Waals surface area (Å²) in [5.41, 5.74) is 0.0909. The van der Waals surface area contributed by atoms with E-state index in [0.29, 0.717) is 6.61 Å². The number of hydrogen-bond donors (Lipinski definition) is 2. The molecule has 0 aliphatic rings. The van der Waals surface area contributed by atoms with Crippen molar-refractivity contribution in [2.24, 2.45) is 0 Å². The maximum Gasteiger partial charge on any atom is 0.339 e. The Hall–Kier alpha value is -0.940. The Kier molecular flexibility index (Phi) is 5.42. The van der Waals surface area contributed by atoms with Gasteiger partial charge >= 0.3 is 5.97 Å². The Labute approximate surface area is 98.9 Å². The SMILES string of the molecule is CCON[PH](=S)Oc1ccccc1C(=O)O. The molecule has 1 aromatic rings. The van der Waals surface area contributed by atoms with Crippen molar-refractivity contribution < 1.29 is 19.3 Å². The Morgan fingerprint density at radius 2 is 2.25 bits per heavy atom. The molecule has 1 atom stereocenters. The predicted molar refractivity (Wildman–Crippen MR) is 64.5 cm³/mol. The highest BCUT2D eigenvalue weighted by molar-refractivity contribution is 8.02. The average Bonchev–Trinajstić information content (AvgIpc) is 2.27. The molecule has 0 aliphatic carbocycles. The molecule has 0 aliphatic heterocycles. The molecular formula is C9H12NO4PS. The van der Waals surface area contributed by atoms with Crippen molar-refractivity contribution in [3.05, 3.63) is 29.8 Å². The Bertz CT molecular complexity index is 399. The van der Waals surface area contributed by atoms with E-state index in [0.717, 1.165) is 0 Å². The molecule has 0 aromatic heterocycles. The zero-order valence-electron chi connectivity index (χ0n) is 8.60. The molecule has 0 saturated carbocycles. The third-order valence-corrected chi connectivity index (χ3v) is 2.84. The van der Waals surface area contributed by atoms with E-state index in [4.69, 9.17) is 26.3 Å². The molecule has 5 nitrogen and oxygen atoms in total. The summed E-state index contributed by atoms with van der Waals surface area (Å²) in [6.45, 7) is 2.28. The standard InChI is InChI=1S/C9H12NO4PS/c1-2-13-10-15(16)14-8-6-4-3-5-7(8)9(11)12/h3-6,15H,2H2,1H3,(H,10,16)(H,11,12). The molecule has 1 rings (SSSR count). The number of para-hydroxylation sites is 1. The summed E-state index contributed by atoms with van der Waals surface area (Å²) in [7, 11) is -1.81. The first-order valence-electron chi connectivity index (χ1n) is 4.57. The fourth-order valence-electron chi connectivity index (χ4n) is 0.984. The van der Waals surface area contributed by atoms with Crippen molar-refractivity contribution >= 4 is 24.9 Å². The van der Waals surface area contributed by atoms with Crippen LogP contribution in [0.15, 0.2) is 24.3 Å². The molecule has 16 heavy (non-hydrogen) atoms. The molecule has 0 heterocycles. The number of benzene rings is 1. The number of carbonyl (C=O) groups is 1. The van der Waals surface area contributed by atoms with Gasteiger partial charge in [-0.1, -0.05) is 12.1 Å². The van der Waals surface area contributed by atoms with Gasteiger partial charge in [0.05, 0.1) is 6.61 Å². The lowest BCUT2D eigenvalue weighted by Gasteiger charge is -2.11. The van der Waals surface area contributed by atoms with Gasteiger partial charge in [-0.25, -0.2) is 4.79 Å². The quantitative estimate of drug-likeness (QED) is 0.601. The van der Waals surface area contributed by atoms with Crippen molar-refractivity contribution in [1.29, 1.82) is 0 Å². The van der Waals surface area contributed by atoms with Crippen LogP contribution in [-0.2, 0) is 16.6 Å². The number of hydrogen-bond acceptors (Lipinski definition) is 4. The molecule has 7 heteroatoms. The molecule has 1 unspecified atom stereocenters. The number of rotatable bonds is 6. The van der Waals surface area contributed by atoms with Crippen LogP contribution in [-0.4, -0.2) is 17.7 Å². The van der Waals surface area contributed by atoms with Crippen molar-refractivity contribution in [2.45, 2.75) is 6.92 Å². The average molecular weight is 261 g/mol. The third kappa shape index (κ3) is 3.90. The number of carboxylic acids is 1. The van der Waals surface area contributed by atoms with Gasteiger partial charge < -0.3 is 9.63 Å². The number of carboxylic acid groups (broad SMARTS) is 1. The highest BCUT2D eigenvalue weighted by Gasteiger charge is 2.10. The van der Waals surface area contributed by atoms with Gasteiger partial charge in [0.1, 0.15) is 11.3 Å². The largest absolute Gasteiger partial charge is 0.478 e. The van der Waals surface area contributed by atoms with Crippen molar-refractivity contribution in [3.8, 4) is 5.75 Å². The summed E-state index contributed by atoms with van der Waals surface area (Å²) < 4.78 is 5.31. The van der Waals surface area contributed by atoms with Crippen LogP contribution >= 0.6 is 7.07 Å². The first kappa shape index (κ1) is 13.1. The van der Waals surface area contributed by atoms with Gasteiger partial charge in [-0.15, -0.1) is 5.25 Å². The van der Waals surface area contributed by atoms with Gasteiger partial charge in [-0.05, 0) is 30.9 Å². The molecule has 0 saturated heterocycles. The van der Waals surface area contributed by atoms with Gasteiger partial charge in [0.25, 0.3) is 0 Å². The van der Waals surface area contributed by atoms with Gasteiger partial charge in [0.2, 0.25) is 0 Å². The molecule has 2 N–H and O–H groups in total. The van der Waals surface area contributed by atoms with Gasteiger partial charge in [-0.3, -0.25) is 4.84 Å². The summed E-state index contributed by atoms with van der Waals surface area (Å²) in [4.78, 5) is 15.7. The van der Waals surface area contributed by atoms with Gasteiger partial charge in [0.15, 0.2) is 7.07 Å². The van der Waals surface area contributed by atoms with Crippen LogP contribution in [0.1, 0.15) is 17.3 Å². The van der Waals surface area contributed by atoms with Gasteiger partial charge in [0, 0.05) is 0 Å². The van der Waals surface area contributed by atoms with E-state index in [1.807, 2.05) is 6.92 Å². The molecule has 0 amide bonds. The van der Waals surface area contributed by atoms with Crippen LogP contribution in [0, 0.1) is 0 Å². The van der Waals surface area contributed by atoms with Crippen LogP contribution in [0.2, 0.25) is 0 Å². The normalized spacial score (nSPS) is 12.1. The lowest BCUT2D eigenvalue weighted by atomic mass is 10.2. The molecule has 0 radical (unpaired) electrons. The van der Waals surface area contributed by atoms with Crippen molar-refractivity contribution in [3.63, 3.8) is 0 Å². The van der Waals surface area contributed by atoms with E-state index in [9.17, 15) is 4.79 Å². The maximum absolute atomic E-state index is 10.9. The van der Waals surface area contributed by atoms with E-state index in [1.165, 1.54) is 6.07 Å². The van der Waals surface area contributed by atoms with Crippen LogP contribution < -0.4 is 9.77 Å². The van der Waals surface area contributed by atoms with E-state index in [1.54, 1.807) is 18.2 Å². The van der Waals surface area contributed by atoms with E-state index in [2.05, 4.69) is 5.25 Å². The minimum absolute atomic E-state index is 0.0909. The number of aromatic carboxylic acids is 1. The molecular weight excluding hydrogens is 249 g/mol. The maximum atomic E-state index is 10.9. The summed E-state index contributed by atoms with van der Waals surface area (Å²) in [5, 5.41) is 11.4. The van der Waals surface area contributed by atoms with Crippen LogP contribution in [0.4, 0.5) is 0 Å². The molecule has 0 fully saturated rings. The fraction of sp³-hybridized carbons (Fsp3) is 0.222. The lowest BCUT2D eigenvalue weighted by molar-refractivity contribution is 0.0694. The van der Waals surface area contributed by atoms with Crippen LogP contribution in [0.5, 0.6) is 5.75 Å². The second-order valence-corrected chi connectivity index (χ2v) is 4.82.